The summed E-state index contributed by atoms with van der Waals surface area (Å²) in [7, 11) is 6.22. The third kappa shape index (κ3) is 3.47. The lowest BCUT2D eigenvalue weighted by Crippen LogP contribution is -2.29. The average molecular weight is 264 g/mol. The molecule has 1 aliphatic rings. The molecule has 1 aromatic rings. The molecule has 0 aliphatic carbocycles. The van der Waals surface area contributed by atoms with Crippen LogP contribution in [0.3, 0.4) is 0 Å². The number of benzene rings is 1. The second-order valence-electron chi connectivity index (χ2n) is 5.30. The number of rotatable bonds is 5. The molecule has 2 rings (SSSR count). The van der Waals surface area contributed by atoms with E-state index in [9.17, 15) is 0 Å². The molecule has 106 valence electrons. The van der Waals surface area contributed by atoms with Crippen LogP contribution < -0.4 is 4.74 Å². The number of ether oxygens (including phenoxy) is 2. The van der Waals surface area contributed by atoms with Crippen molar-refractivity contribution in [3.05, 3.63) is 29.3 Å². The first-order valence-corrected chi connectivity index (χ1v) is 6.80. The lowest BCUT2D eigenvalue weighted by molar-refractivity contribution is 0.0502. The molecular weight excluding hydrogens is 240 g/mol. The zero-order valence-electron chi connectivity index (χ0n) is 12.3. The highest BCUT2D eigenvalue weighted by molar-refractivity contribution is 5.38. The van der Waals surface area contributed by atoms with Gasteiger partial charge in [0, 0.05) is 0 Å². The Balaban J connectivity index is 2.14. The van der Waals surface area contributed by atoms with E-state index >= 15 is 0 Å². The Kier molecular flexibility index (Phi) is 4.80. The van der Waals surface area contributed by atoms with Gasteiger partial charge < -0.3 is 14.4 Å². The molecule has 0 spiro atoms. The molecule has 4 heteroatoms. The summed E-state index contributed by atoms with van der Waals surface area (Å²) in [4.78, 5) is 4.33. The van der Waals surface area contributed by atoms with Gasteiger partial charge in [-0.15, -0.1) is 0 Å². The number of fused-ring (bicyclic) bond motifs is 1. The normalized spacial score (nSPS) is 18.7. The number of likely N-dealkylation sites (N-methyl/N-ethyl adjacent to an activating group) is 1. The highest BCUT2D eigenvalue weighted by Gasteiger charge is 2.23. The fraction of sp³-hybridized carbons (Fsp3) is 0.600. The van der Waals surface area contributed by atoms with Crippen LogP contribution in [0.15, 0.2) is 18.2 Å². The second kappa shape index (κ2) is 6.37. The molecule has 1 atom stereocenters. The van der Waals surface area contributed by atoms with Crippen LogP contribution in [-0.4, -0.2) is 50.8 Å². The Labute approximate surface area is 115 Å². The van der Waals surface area contributed by atoms with Crippen molar-refractivity contribution in [1.82, 2.24) is 9.80 Å². The van der Waals surface area contributed by atoms with Gasteiger partial charge in [0.2, 0.25) is 0 Å². The van der Waals surface area contributed by atoms with Crippen molar-refractivity contribution in [2.75, 3.05) is 41.0 Å². The average Bonchev–Trinajstić information content (AvgIpc) is 2.43. The standard InChI is InChI=1S/C15H24N2O2/c1-5-17(4)11-19-13-7-6-12-9-18-10-15(16(2)3)14(12)8-13/h6-8,15H,5,9-11H2,1-4H3. The maximum absolute atomic E-state index is 5.82. The van der Waals surface area contributed by atoms with Crippen LogP contribution in [0.25, 0.3) is 0 Å². The van der Waals surface area contributed by atoms with Gasteiger partial charge in [-0.1, -0.05) is 13.0 Å². The predicted molar refractivity (Wildman–Crippen MR) is 76.3 cm³/mol. The first kappa shape index (κ1) is 14.3. The molecule has 1 unspecified atom stereocenters. The Morgan fingerprint density at radius 3 is 2.79 bits per heavy atom. The van der Waals surface area contributed by atoms with Crippen molar-refractivity contribution in [2.24, 2.45) is 0 Å². The summed E-state index contributed by atoms with van der Waals surface area (Å²) in [5.41, 5.74) is 2.59. The van der Waals surface area contributed by atoms with E-state index < -0.39 is 0 Å². The zero-order chi connectivity index (χ0) is 13.8. The van der Waals surface area contributed by atoms with Crippen molar-refractivity contribution in [1.29, 1.82) is 0 Å². The lowest BCUT2D eigenvalue weighted by Gasteiger charge is -2.31. The smallest absolute Gasteiger partial charge is 0.141 e. The molecule has 0 bridgehead atoms. The van der Waals surface area contributed by atoms with E-state index in [2.05, 4.69) is 50.0 Å². The lowest BCUT2D eigenvalue weighted by atomic mass is 9.98. The molecular formula is C15H24N2O2. The fourth-order valence-electron chi connectivity index (χ4n) is 2.18. The molecule has 0 aromatic heterocycles. The van der Waals surface area contributed by atoms with Crippen molar-refractivity contribution in [3.8, 4) is 5.75 Å². The van der Waals surface area contributed by atoms with Gasteiger partial charge in [-0.2, -0.15) is 0 Å². The largest absolute Gasteiger partial charge is 0.478 e. The molecule has 1 aromatic carbocycles. The predicted octanol–water partition coefficient (Wildman–Crippen LogP) is 2.11. The van der Waals surface area contributed by atoms with Crippen molar-refractivity contribution < 1.29 is 9.47 Å². The van der Waals surface area contributed by atoms with Crippen molar-refractivity contribution in [2.45, 2.75) is 19.6 Å². The minimum Gasteiger partial charge on any atom is -0.478 e. The van der Waals surface area contributed by atoms with Gasteiger partial charge in [-0.3, -0.25) is 4.90 Å². The maximum atomic E-state index is 5.82. The SMILES string of the molecule is CCN(C)COc1ccc2c(c1)C(N(C)C)COC2. The Bertz CT molecular complexity index is 421. The van der Waals surface area contributed by atoms with E-state index in [1.807, 2.05) is 6.07 Å². The number of hydrogen-bond acceptors (Lipinski definition) is 4. The molecule has 0 fully saturated rings. The minimum atomic E-state index is 0.316. The highest BCUT2D eigenvalue weighted by atomic mass is 16.5. The van der Waals surface area contributed by atoms with E-state index in [1.165, 1.54) is 11.1 Å². The van der Waals surface area contributed by atoms with Crippen molar-refractivity contribution in [3.63, 3.8) is 0 Å². The molecule has 4 nitrogen and oxygen atoms in total. The van der Waals surface area contributed by atoms with Crippen LogP contribution >= 0.6 is 0 Å². The Hall–Kier alpha value is -1.10. The van der Waals surface area contributed by atoms with E-state index in [4.69, 9.17) is 9.47 Å². The van der Waals surface area contributed by atoms with Crippen LogP contribution in [0.2, 0.25) is 0 Å². The molecule has 19 heavy (non-hydrogen) atoms. The fourth-order valence-corrected chi connectivity index (χ4v) is 2.18. The van der Waals surface area contributed by atoms with E-state index in [-0.39, 0.29) is 0 Å². The van der Waals surface area contributed by atoms with Gasteiger partial charge in [-0.25, -0.2) is 0 Å². The number of hydrogen-bond donors (Lipinski definition) is 0. The first-order valence-electron chi connectivity index (χ1n) is 6.80. The van der Waals surface area contributed by atoms with E-state index in [1.54, 1.807) is 0 Å². The molecule has 0 saturated carbocycles. The zero-order valence-corrected chi connectivity index (χ0v) is 12.3. The summed E-state index contributed by atoms with van der Waals surface area (Å²) in [5, 5.41) is 0. The van der Waals surface area contributed by atoms with Gasteiger partial charge in [-0.05, 0) is 50.9 Å². The van der Waals surface area contributed by atoms with Crippen LogP contribution in [0.1, 0.15) is 24.1 Å². The Morgan fingerprint density at radius 1 is 1.32 bits per heavy atom. The van der Waals surface area contributed by atoms with Gasteiger partial charge in [0.1, 0.15) is 12.5 Å². The highest BCUT2D eigenvalue weighted by Crippen LogP contribution is 2.31. The van der Waals surface area contributed by atoms with E-state index in [0.717, 1.165) is 18.9 Å². The monoisotopic (exact) mass is 264 g/mol. The molecule has 1 heterocycles. The van der Waals surface area contributed by atoms with Gasteiger partial charge >= 0.3 is 0 Å². The van der Waals surface area contributed by atoms with Gasteiger partial charge in [0.25, 0.3) is 0 Å². The van der Waals surface area contributed by atoms with Crippen molar-refractivity contribution >= 4 is 0 Å². The summed E-state index contributed by atoms with van der Waals surface area (Å²) in [6.45, 7) is 5.18. The summed E-state index contributed by atoms with van der Waals surface area (Å²) < 4.78 is 11.5. The molecule has 0 N–H and O–H groups in total. The maximum Gasteiger partial charge on any atom is 0.141 e. The van der Waals surface area contributed by atoms with Crippen LogP contribution in [0.4, 0.5) is 0 Å². The second-order valence-corrected chi connectivity index (χ2v) is 5.30. The quantitative estimate of drug-likeness (QED) is 0.761. The Morgan fingerprint density at radius 2 is 2.11 bits per heavy atom. The number of nitrogens with zero attached hydrogens (tertiary/aromatic N) is 2. The molecule has 0 radical (unpaired) electrons. The third-order valence-electron chi connectivity index (χ3n) is 3.62. The molecule has 0 saturated heterocycles. The summed E-state index contributed by atoms with van der Waals surface area (Å²) >= 11 is 0. The van der Waals surface area contributed by atoms with Crippen LogP contribution in [0.5, 0.6) is 5.75 Å². The molecule has 0 amide bonds. The van der Waals surface area contributed by atoms with E-state index in [0.29, 0.717) is 19.4 Å². The van der Waals surface area contributed by atoms with Crippen LogP contribution in [-0.2, 0) is 11.3 Å². The summed E-state index contributed by atoms with van der Waals surface area (Å²) in [5.74, 6) is 0.938. The first-order chi connectivity index (χ1) is 9.11. The molecule has 1 aliphatic heterocycles. The summed E-state index contributed by atoms with van der Waals surface area (Å²) in [6, 6.07) is 6.62. The van der Waals surface area contributed by atoms with Crippen LogP contribution in [0, 0.1) is 0 Å². The topological polar surface area (TPSA) is 24.9 Å². The van der Waals surface area contributed by atoms with Gasteiger partial charge in [0.15, 0.2) is 0 Å². The third-order valence-corrected chi connectivity index (χ3v) is 3.62. The summed E-state index contributed by atoms with van der Waals surface area (Å²) in [6.07, 6.45) is 0. The van der Waals surface area contributed by atoms with Gasteiger partial charge in [0.05, 0.1) is 19.3 Å². The minimum absolute atomic E-state index is 0.316.